The van der Waals surface area contributed by atoms with Crippen LogP contribution in [0.5, 0.6) is 23.0 Å². The number of unbranched alkanes of at least 4 members (excludes halogenated alkanes) is 1. The molecule has 0 aliphatic carbocycles. The maximum absolute atomic E-state index is 9.07. The minimum absolute atomic E-state index is 0.159. The van der Waals surface area contributed by atoms with Gasteiger partial charge in [-0.25, -0.2) is 0 Å². The van der Waals surface area contributed by atoms with Crippen LogP contribution < -0.4 is 18.9 Å². The first-order chi connectivity index (χ1) is 14.5. The molecule has 0 saturated heterocycles. The molecule has 2 aromatic rings. The second-order valence-corrected chi connectivity index (χ2v) is 7.23. The Hall–Kier alpha value is -2.44. The van der Waals surface area contributed by atoms with Gasteiger partial charge in [0, 0.05) is 18.8 Å². The molecule has 1 atom stereocenters. The lowest BCUT2D eigenvalue weighted by Crippen LogP contribution is -2.09. The fourth-order valence-corrected chi connectivity index (χ4v) is 3.49. The zero-order valence-corrected chi connectivity index (χ0v) is 18.9. The van der Waals surface area contributed by atoms with Gasteiger partial charge in [-0.2, -0.15) is 0 Å². The number of rotatable bonds is 12. The predicted octanol–water partition coefficient (Wildman–Crippen LogP) is 5.06. The Morgan fingerprint density at radius 3 is 2.07 bits per heavy atom. The second kappa shape index (κ2) is 11.7. The van der Waals surface area contributed by atoms with Gasteiger partial charge in [0.2, 0.25) is 0 Å². The first-order valence-corrected chi connectivity index (χ1v) is 10.2. The molecular weight excluding hydrogens is 384 g/mol. The molecule has 6 heteroatoms. The Bertz CT molecular complexity index is 855. The van der Waals surface area contributed by atoms with Crippen LogP contribution in [0.15, 0.2) is 29.8 Å². The molecule has 0 heterocycles. The van der Waals surface area contributed by atoms with E-state index in [-0.39, 0.29) is 12.7 Å². The Morgan fingerprint density at radius 2 is 1.53 bits per heavy atom. The van der Waals surface area contributed by atoms with E-state index in [0.29, 0.717) is 42.4 Å². The predicted molar refractivity (Wildman–Crippen MR) is 119 cm³/mol. The monoisotopic (exact) mass is 418 g/mol. The average Bonchev–Trinajstić information content (AvgIpc) is 2.76. The van der Waals surface area contributed by atoms with Crippen molar-refractivity contribution in [2.45, 2.75) is 39.2 Å². The van der Waals surface area contributed by atoms with Crippen molar-refractivity contribution in [1.82, 2.24) is 0 Å². The zero-order valence-electron chi connectivity index (χ0n) is 18.9. The van der Waals surface area contributed by atoms with Gasteiger partial charge in [0.15, 0.2) is 0 Å². The Labute approximate surface area is 179 Å². The lowest BCUT2D eigenvalue weighted by atomic mass is 9.97. The van der Waals surface area contributed by atoms with E-state index in [9.17, 15) is 0 Å². The number of fused-ring (bicyclic) bond motifs is 1. The highest BCUT2D eigenvalue weighted by Gasteiger charge is 2.25. The molecule has 6 nitrogen and oxygen atoms in total. The topological polar surface area (TPSA) is 66.4 Å². The summed E-state index contributed by atoms with van der Waals surface area (Å²) in [6.07, 6.45) is 4.10. The molecule has 0 aromatic heterocycles. The molecule has 1 N–H and O–H groups in total. The van der Waals surface area contributed by atoms with Gasteiger partial charge < -0.3 is 28.8 Å². The highest BCUT2D eigenvalue weighted by molar-refractivity contribution is 6.03. The summed E-state index contributed by atoms with van der Waals surface area (Å²) in [5.74, 6) is 2.69. The third-order valence-corrected chi connectivity index (χ3v) is 4.97. The molecule has 2 aromatic carbocycles. The molecule has 0 aliphatic heterocycles. The van der Waals surface area contributed by atoms with Crippen LogP contribution in [0, 0.1) is 0 Å². The fourth-order valence-electron chi connectivity index (χ4n) is 3.49. The van der Waals surface area contributed by atoms with Crippen molar-refractivity contribution in [3.05, 3.63) is 35.4 Å². The molecule has 30 heavy (non-hydrogen) atoms. The van der Waals surface area contributed by atoms with Crippen LogP contribution in [-0.4, -0.2) is 46.8 Å². The summed E-state index contributed by atoms with van der Waals surface area (Å²) in [5.41, 5.74) is 2.10. The molecule has 0 aliphatic rings. The van der Waals surface area contributed by atoms with Crippen molar-refractivity contribution < 1.29 is 28.8 Å². The summed E-state index contributed by atoms with van der Waals surface area (Å²) in [6.45, 7) is 4.83. The normalized spacial score (nSPS) is 11.8. The molecule has 0 fully saturated rings. The standard InChI is InChI=1S/C24H34O6/c1-16(2)9-10-18(30-14-8-7-13-25)17-15-21(28-5)22-19(26-3)11-12-20(27-4)23(22)24(17)29-6/h9,11-12,15,18,25H,7-8,10,13-14H2,1-6H3. The zero-order chi connectivity index (χ0) is 22.1. The fraction of sp³-hybridized carbons (Fsp3) is 0.500. The maximum atomic E-state index is 9.07. The van der Waals surface area contributed by atoms with Crippen molar-refractivity contribution in [2.75, 3.05) is 41.7 Å². The Morgan fingerprint density at radius 1 is 0.900 bits per heavy atom. The SMILES string of the molecule is COc1ccc(OC)c2c(OC)c(C(CC=C(C)C)OCCCCO)cc(OC)c12. The van der Waals surface area contributed by atoms with Crippen molar-refractivity contribution in [3.63, 3.8) is 0 Å². The lowest BCUT2D eigenvalue weighted by Gasteiger charge is -2.24. The van der Waals surface area contributed by atoms with Crippen molar-refractivity contribution in [3.8, 4) is 23.0 Å². The van der Waals surface area contributed by atoms with Crippen molar-refractivity contribution in [1.29, 1.82) is 0 Å². The van der Waals surface area contributed by atoms with Gasteiger partial charge >= 0.3 is 0 Å². The summed E-state index contributed by atoms with van der Waals surface area (Å²) in [5, 5.41) is 10.7. The molecule has 2 rings (SSSR count). The van der Waals surface area contributed by atoms with Crippen LogP contribution in [0.3, 0.4) is 0 Å². The number of aliphatic hydroxyl groups excluding tert-OH is 1. The van der Waals surface area contributed by atoms with Crippen LogP contribution in [0.1, 0.15) is 44.8 Å². The number of hydrogen-bond donors (Lipinski definition) is 1. The molecule has 0 bridgehead atoms. The van der Waals surface area contributed by atoms with Gasteiger partial charge in [-0.3, -0.25) is 0 Å². The molecule has 0 amide bonds. The number of allylic oxidation sites excluding steroid dienone is 1. The van der Waals surface area contributed by atoms with Crippen LogP contribution in [0.2, 0.25) is 0 Å². The van der Waals surface area contributed by atoms with Gasteiger partial charge in [0.25, 0.3) is 0 Å². The molecule has 166 valence electrons. The third-order valence-electron chi connectivity index (χ3n) is 4.97. The van der Waals surface area contributed by atoms with Gasteiger partial charge in [-0.05, 0) is 51.3 Å². The molecule has 0 radical (unpaired) electrons. The average molecular weight is 419 g/mol. The lowest BCUT2D eigenvalue weighted by molar-refractivity contribution is 0.0482. The molecule has 1 unspecified atom stereocenters. The van der Waals surface area contributed by atoms with Crippen molar-refractivity contribution in [2.24, 2.45) is 0 Å². The number of methoxy groups -OCH3 is 4. The highest BCUT2D eigenvalue weighted by atomic mass is 16.5. The summed E-state index contributed by atoms with van der Waals surface area (Å²) in [4.78, 5) is 0. The number of aliphatic hydroxyl groups is 1. The van der Waals surface area contributed by atoms with E-state index in [1.54, 1.807) is 28.4 Å². The Kier molecular flexibility index (Phi) is 9.27. The van der Waals surface area contributed by atoms with E-state index in [2.05, 4.69) is 19.9 Å². The number of benzene rings is 2. The second-order valence-electron chi connectivity index (χ2n) is 7.23. The smallest absolute Gasteiger partial charge is 0.136 e. The van der Waals surface area contributed by atoms with E-state index in [4.69, 9.17) is 28.8 Å². The first-order valence-electron chi connectivity index (χ1n) is 10.2. The Balaban J connectivity index is 2.70. The molecule has 0 saturated carbocycles. The van der Waals surface area contributed by atoms with Crippen LogP contribution in [0.25, 0.3) is 10.8 Å². The first kappa shape index (κ1) is 23.8. The van der Waals surface area contributed by atoms with E-state index in [1.807, 2.05) is 18.2 Å². The minimum Gasteiger partial charge on any atom is -0.496 e. The van der Waals surface area contributed by atoms with Crippen molar-refractivity contribution >= 4 is 10.8 Å². The summed E-state index contributed by atoms with van der Waals surface area (Å²) < 4.78 is 29.1. The summed E-state index contributed by atoms with van der Waals surface area (Å²) >= 11 is 0. The van der Waals surface area contributed by atoms with Crippen LogP contribution in [0.4, 0.5) is 0 Å². The largest absolute Gasteiger partial charge is 0.496 e. The number of ether oxygens (including phenoxy) is 5. The van der Waals surface area contributed by atoms with E-state index < -0.39 is 0 Å². The maximum Gasteiger partial charge on any atom is 0.136 e. The quantitative estimate of drug-likeness (QED) is 0.384. The van der Waals surface area contributed by atoms with Crippen LogP contribution >= 0.6 is 0 Å². The molecular formula is C24H34O6. The van der Waals surface area contributed by atoms with E-state index in [1.165, 1.54) is 5.57 Å². The summed E-state index contributed by atoms with van der Waals surface area (Å²) in [7, 11) is 6.54. The van der Waals surface area contributed by atoms with E-state index in [0.717, 1.165) is 22.8 Å². The van der Waals surface area contributed by atoms with Crippen LogP contribution in [-0.2, 0) is 4.74 Å². The number of hydrogen-bond acceptors (Lipinski definition) is 6. The van der Waals surface area contributed by atoms with Gasteiger partial charge in [-0.1, -0.05) is 11.6 Å². The summed E-state index contributed by atoms with van der Waals surface area (Å²) in [6, 6.07) is 5.67. The van der Waals surface area contributed by atoms with Gasteiger partial charge in [0.05, 0.1) is 45.3 Å². The minimum atomic E-state index is -0.234. The molecule has 0 spiro atoms. The van der Waals surface area contributed by atoms with E-state index >= 15 is 0 Å². The van der Waals surface area contributed by atoms with Gasteiger partial charge in [-0.15, -0.1) is 0 Å². The third kappa shape index (κ3) is 5.37. The van der Waals surface area contributed by atoms with Gasteiger partial charge in [0.1, 0.15) is 23.0 Å². The highest BCUT2D eigenvalue weighted by Crippen LogP contribution is 2.48.